The summed E-state index contributed by atoms with van der Waals surface area (Å²) in [6, 6.07) is 3.76. The third-order valence-corrected chi connectivity index (χ3v) is 3.91. The predicted octanol–water partition coefficient (Wildman–Crippen LogP) is 2.63. The summed E-state index contributed by atoms with van der Waals surface area (Å²) in [6.45, 7) is 6.33. The van der Waals surface area contributed by atoms with Gasteiger partial charge in [0.1, 0.15) is 11.5 Å². The molecule has 1 aliphatic heterocycles. The second-order valence-corrected chi connectivity index (χ2v) is 6.84. The number of halogens is 1. The summed E-state index contributed by atoms with van der Waals surface area (Å²) in [5.41, 5.74) is 7.39. The van der Waals surface area contributed by atoms with E-state index in [4.69, 9.17) is 21.1 Å². The number of nitrogens with zero attached hydrogens (tertiary/aromatic N) is 2. The summed E-state index contributed by atoms with van der Waals surface area (Å²) in [4.78, 5) is 4.61. The first kappa shape index (κ1) is 14.1. The number of hydrogen-bond acceptors (Lipinski definition) is 5. The maximum atomic E-state index is 6.12. The van der Waals surface area contributed by atoms with E-state index in [1.165, 1.54) is 4.68 Å². The van der Waals surface area contributed by atoms with E-state index in [-0.39, 0.29) is 12.2 Å². The molecule has 3 rings (SSSR count). The molecule has 2 aromatic rings. The fraction of sp³-hybridized carbons (Fsp3) is 0.357. The topological polar surface area (TPSA) is 88.3 Å². The lowest BCUT2D eigenvalue weighted by Crippen LogP contribution is -2.24. The van der Waals surface area contributed by atoms with Gasteiger partial charge in [-0.05, 0) is 28.1 Å². The number of nitrogens with two attached hydrogens (primary N) is 2. The van der Waals surface area contributed by atoms with Crippen LogP contribution in [0.5, 0.6) is 11.5 Å². The lowest BCUT2D eigenvalue weighted by Gasteiger charge is -2.17. The minimum Gasteiger partial charge on any atom is -0.454 e. The van der Waals surface area contributed by atoms with Gasteiger partial charge in [0.15, 0.2) is 17.3 Å². The minimum atomic E-state index is -0.200. The van der Waals surface area contributed by atoms with Crippen molar-refractivity contribution in [2.45, 2.75) is 26.2 Å². The highest BCUT2D eigenvalue weighted by Gasteiger charge is 2.26. The van der Waals surface area contributed by atoms with Crippen molar-refractivity contribution in [2.24, 2.45) is 0 Å². The van der Waals surface area contributed by atoms with Crippen molar-refractivity contribution in [2.75, 3.05) is 18.4 Å². The first-order valence-electron chi connectivity index (χ1n) is 6.52. The minimum absolute atomic E-state index is 0.200. The van der Waals surface area contributed by atoms with Crippen molar-refractivity contribution in [1.82, 2.24) is 9.66 Å². The van der Waals surface area contributed by atoms with E-state index < -0.39 is 0 Å². The molecule has 0 atom stereocenters. The van der Waals surface area contributed by atoms with Crippen molar-refractivity contribution < 1.29 is 9.47 Å². The van der Waals surface area contributed by atoms with Gasteiger partial charge < -0.3 is 21.1 Å². The number of imidazole rings is 1. The summed E-state index contributed by atoms with van der Waals surface area (Å²) >= 11 is 3.47. The second-order valence-electron chi connectivity index (χ2n) is 5.98. The number of aromatic nitrogens is 2. The Bertz CT molecular complexity index is 719. The Balaban J connectivity index is 2.16. The highest BCUT2D eigenvalue weighted by molar-refractivity contribution is 9.10. The van der Waals surface area contributed by atoms with Crippen LogP contribution in [0.4, 0.5) is 5.82 Å². The average molecular weight is 353 g/mol. The van der Waals surface area contributed by atoms with Gasteiger partial charge in [-0.2, -0.15) is 0 Å². The third kappa shape index (κ3) is 2.21. The summed E-state index contributed by atoms with van der Waals surface area (Å²) < 4.78 is 13.0. The first-order chi connectivity index (χ1) is 9.79. The van der Waals surface area contributed by atoms with Crippen LogP contribution in [0.25, 0.3) is 11.3 Å². The average Bonchev–Trinajstić information content (AvgIpc) is 2.95. The predicted molar refractivity (Wildman–Crippen MR) is 84.7 cm³/mol. The number of rotatable bonds is 1. The molecule has 0 aliphatic carbocycles. The van der Waals surface area contributed by atoms with Gasteiger partial charge in [-0.15, -0.1) is 0 Å². The summed E-state index contributed by atoms with van der Waals surface area (Å²) in [5, 5.41) is 0. The Kier molecular flexibility index (Phi) is 3.05. The monoisotopic (exact) mass is 352 g/mol. The van der Waals surface area contributed by atoms with Crippen LogP contribution in [-0.2, 0) is 5.41 Å². The number of benzene rings is 1. The summed E-state index contributed by atoms with van der Waals surface area (Å²) in [6.07, 6.45) is 0. The Morgan fingerprint density at radius 3 is 2.62 bits per heavy atom. The smallest absolute Gasteiger partial charge is 0.231 e. The molecule has 7 heteroatoms. The fourth-order valence-electron chi connectivity index (χ4n) is 2.29. The van der Waals surface area contributed by atoms with Gasteiger partial charge in [0.2, 0.25) is 6.79 Å². The number of anilines is 1. The molecule has 1 aromatic carbocycles. The van der Waals surface area contributed by atoms with Crippen LogP contribution in [0.2, 0.25) is 0 Å². The molecule has 21 heavy (non-hydrogen) atoms. The summed E-state index contributed by atoms with van der Waals surface area (Å²) in [7, 11) is 0. The molecule has 0 saturated carbocycles. The van der Waals surface area contributed by atoms with Crippen LogP contribution in [0.1, 0.15) is 26.6 Å². The van der Waals surface area contributed by atoms with E-state index in [9.17, 15) is 0 Å². The van der Waals surface area contributed by atoms with E-state index in [1.54, 1.807) is 0 Å². The van der Waals surface area contributed by atoms with E-state index in [1.807, 2.05) is 32.9 Å². The molecule has 0 radical (unpaired) electrons. The molecule has 6 nitrogen and oxygen atoms in total. The Morgan fingerprint density at radius 1 is 1.29 bits per heavy atom. The van der Waals surface area contributed by atoms with E-state index in [0.29, 0.717) is 23.0 Å². The van der Waals surface area contributed by atoms with E-state index in [0.717, 1.165) is 15.9 Å². The molecular weight excluding hydrogens is 336 g/mol. The van der Waals surface area contributed by atoms with Crippen LogP contribution >= 0.6 is 15.9 Å². The number of hydrogen-bond donors (Lipinski definition) is 2. The van der Waals surface area contributed by atoms with Gasteiger partial charge in [0, 0.05) is 11.0 Å². The van der Waals surface area contributed by atoms with Crippen molar-refractivity contribution in [3.05, 3.63) is 22.4 Å². The molecule has 1 aliphatic rings. The quantitative estimate of drug-likeness (QED) is 0.770. The zero-order valence-electron chi connectivity index (χ0n) is 12.1. The zero-order valence-corrected chi connectivity index (χ0v) is 13.7. The molecule has 112 valence electrons. The maximum absolute atomic E-state index is 6.12. The highest BCUT2D eigenvalue weighted by atomic mass is 79.9. The van der Waals surface area contributed by atoms with Gasteiger partial charge in [-0.25, -0.2) is 9.66 Å². The molecule has 4 N–H and O–H groups in total. The Hall–Kier alpha value is -1.89. The molecule has 0 unspecified atom stereocenters. The van der Waals surface area contributed by atoms with Gasteiger partial charge >= 0.3 is 0 Å². The third-order valence-electron chi connectivity index (χ3n) is 3.32. The lowest BCUT2D eigenvalue weighted by molar-refractivity contribution is 0.173. The van der Waals surface area contributed by atoms with Gasteiger partial charge in [-0.3, -0.25) is 0 Å². The number of ether oxygens (including phenoxy) is 2. The van der Waals surface area contributed by atoms with Crippen LogP contribution in [0.3, 0.4) is 0 Å². The maximum Gasteiger partial charge on any atom is 0.231 e. The van der Waals surface area contributed by atoms with Crippen molar-refractivity contribution in [3.63, 3.8) is 0 Å². The Labute approximate surface area is 131 Å². The van der Waals surface area contributed by atoms with Crippen LogP contribution < -0.4 is 21.1 Å². The zero-order chi connectivity index (χ0) is 15.4. The molecule has 0 amide bonds. The molecule has 2 heterocycles. The molecule has 0 spiro atoms. The lowest BCUT2D eigenvalue weighted by atomic mass is 9.96. The summed E-state index contributed by atoms with van der Waals surface area (Å²) in [5.74, 6) is 8.55. The second kappa shape index (κ2) is 4.56. The molecule has 0 bridgehead atoms. The first-order valence-corrected chi connectivity index (χ1v) is 7.31. The fourth-order valence-corrected chi connectivity index (χ4v) is 2.85. The molecule has 0 saturated heterocycles. The number of fused-ring (bicyclic) bond motifs is 1. The van der Waals surface area contributed by atoms with Gasteiger partial charge in [-0.1, -0.05) is 20.8 Å². The van der Waals surface area contributed by atoms with Crippen molar-refractivity contribution in [1.29, 1.82) is 0 Å². The van der Waals surface area contributed by atoms with Gasteiger partial charge in [0.25, 0.3) is 0 Å². The SMILES string of the molecule is CC(C)(C)c1nc(-c2cc(Br)c3c(c2)OCO3)c(N)n1N. The van der Waals surface area contributed by atoms with Crippen LogP contribution in [0, 0.1) is 0 Å². The highest BCUT2D eigenvalue weighted by Crippen LogP contribution is 2.43. The van der Waals surface area contributed by atoms with E-state index in [2.05, 4.69) is 20.9 Å². The largest absolute Gasteiger partial charge is 0.454 e. The number of nitrogen functional groups attached to an aromatic ring is 2. The van der Waals surface area contributed by atoms with E-state index >= 15 is 0 Å². The van der Waals surface area contributed by atoms with Crippen LogP contribution in [0.15, 0.2) is 16.6 Å². The van der Waals surface area contributed by atoms with Crippen molar-refractivity contribution in [3.8, 4) is 22.8 Å². The Morgan fingerprint density at radius 2 is 2.00 bits per heavy atom. The molecular formula is C14H17BrN4O2. The normalized spacial score (nSPS) is 13.7. The standard InChI is InChI=1S/C14H17BrN4O2/c1-14(2,3)13-18-10(12(16)19(13)17)7-4-8(15)11-9(5-7)20-6-21-11/h4-5H,6,16-17H2,1-3H3. The van der Waals surface area contributed by atoms with Crippen LogP contribution in [-0.4, -0.2) is 16.5 Å². The molecule has 0 fully saturated rings. The van der Waals surface area contributed by atoms with Gasteiger partial charge in [0.05, 0.1) is 4.47 Å². The molecule has 1 aromatic heterocycles. The van der Waals surface area contributed by atoms with Crippen molar-refractivity contribution >= 4 is 21.7 Å².